The molecule has 0 aliphatic carbocycles. The van der Waals surface area contributed by atoms with Gasteiger partial charge in [0.1, 0.15) is 0 Å². The van der Waals surface area contributed by atoms with Gasteiger partial charge in [0.2, 0.25) is 0 Å². The fourth-order valence-corrected chi connectivity index (χ4v) is 2.82. The van der Waals surface area contributed by atoms with Crippen LogP contribution in [0.4, 0.5) is 5.69 Å². The third-order valence-corrected chi connectivity index (χ3v) is 3.52. The number of hydrogen-bond acceptors (Lipinski definition) is 3. The van der Waals surface area contributed by atoms with E-state index in [-0.39, 0.29) is 0 Å². The molecule has 0 bridgehead atoms. The first kappa shape index (κ1) is 9.84. The molecule has 1 saturated heterocycles. The van der Waals surface area contributed by atoms with Crippen molar-refractivity contribution in [2.45, 2.75) is 25.8 Å². The Morgan fingerprint density at radius 2 is 2.14 bits per heavy atom. The summed E-state index contributed by atoms with van der Waals surface area (Å²) in [5.74, 6) is 2.58. The first-order valence-electron chi connectivity index (χ1n) is 5.10. The van der Waals surface area contributed by atoms with Gasteiger partial charge in [-0.1, -0.05) is 0 Å². The average Bonchev–Trinajstić information content (AvgIpc) is 2.19. The summed E-state index contributed by atoms with van der Waals surface area (Å²) in [7, 11) is 0. The number of thioether (sulfide) groups is 1. The van der Waals surface area contributed by atoms with Gasteiger partial charge in [0.05, 0.1) is 5.69 Å². The van der Waals surface area contributed by atoms with Crippen LogP contribution in [-0.2, 0) is 0 Å². The van der Waals surface area contributed by atoms with E-state index in [0.717, 1.165) is 0 Å². The largest absolute Gasteiger partial charge is 0.381 e. The number of rotatable bonds is 2. The van der Waals surface area contributed by atoms with Crippen molar-refractivity contribution < 1.29 is 0 Å². The second-order valence-corrected chi connectivity index (χ2v) is 5.01. The van der Waals surface area contributed by atoms with Crippen molar-refractivity contribution >= 4 is 17.4 Å². The van der Waals surface area contributed by atoms with Gasteiger partial charge in [-0.3, -0.25) is 4.98 Å². The van der Waals surface area contributed by atoms with Crippen LogP contribution in [0.25, 0.3) is 0 Å². The van der Waals surface area contributed by atoms with Crippen molar-refractivity contribution in [2.75, 3.05) is 16.8 Å². The average molecular weight is 208 g/mol. The minimum atomic E-state index is 0.653. The Bertz CT molecular complexity index is 295. The molecular formula is C11H16N2S. The molecule has 0 saturated carbocycles. The summed E-state index contributed by atoms with van der Waals surface area (Å²) in [6.45, 7) is 2.08. The molecule has 0 amide bonds. The van der Waals surface area contributed by atoms with E-state index in [2.05, 4.69) is 35.1 Å². The Balaban J connectivity index is 1.95. The van der Waals surface area contributed by atoms with Gasteiger partial charge < -0.3 is 5.32 Å². The molecular weight excluding hydrogens is 192 g/mol. The molecule has 0 radical (unpaired) electrons. The van der Waals surface area contributed by atoms with Crippen molar-refractivity contribution in [2.24, 2.45) is 0 Å². The van der Waals surface area contributed by atoms with E-state index in [9.17, 15) is 0 Å². The van der Waals surface area contributed by atoms with Crippen LogP contribution in [0.3, 0.4) is 0 Å². The molecule has 76 valence electrons. The standard InChI is InChI=1S/C11H16N2S/c1-9-6-11(8-12-7-9)13-10-2-4-14-5-3-10/h6-8,10,13H,2-5H2,1H3. The molecule has 1 aliphatic rings. The molecule has 2 rings (SSSR count). The minimum absolute atomic E-state index is 0.653. The lowest BCUT2D eigenvalue weighted by Crippen LogP contribution is -2.24. The number of aromatic nitrogens is 1. The van der Waals surface area contributed by atoms with Crippen molar-refractivity contribution in [3.63, 3.8) is 0 Å². The third kappa shape index (κ3) is 2.64. The van der Waals surface area contributed by atoms with Crippen LogP contribution < -0.4 is 5.32 Å². The van der Waals surface area contributed by atoms with E-state index in [0.29, 0.717) is 6.04 Å². The van der Waals surface area contributed by atoms with E-state index >= 15 is 0 Å². The SMILES string of the molecule is Cc1cncc(NC2CCSCC2)c1. The van der Waals surface area contributed by atoms with Crippen LogP contribution in [0.5, 0.6) is 0 Å². The molecule has 0 aromatic carbocycles. The number of hydrogen-bond donors (Lipinski definition) is 1. The highest BCUT2D eigenvalue weighted by Gasteiger charge is 2.12. The second-order valence-electron chi connectivity index (χ2n) is 3.78. The van der Waals surface area contributed by atoms with Gasteiger partial charge in [-0.25, -0.2) is 0 Å². The molecule has 2 heterocycles. The molecule has 1 fully saturated rings. The fraction of sp³-hybridized carbons (Fsp3) is 0.545. The number of aryl methyl sites for hydroxylation is 1. The van der Waals surface area contributed by atoms with Gasteiger partial charge in [0, 0.05) is 18.4 Å². The maximum absolute atomic E-state index is 4.18. The highest BCUT2D eigenvalue weighted by molar-refractivity contribution is 7.99. The molecule has 0 atom stereocenters. The third-order valence-electron chi connectivity index (χ3n) is 2.47. The van der Waals surface area contributed by atoms with Crippen LogP contribution in [0.1, 0.15) is 18.4 Å². The van der Waals surface area contributed by atoms with Crippen LogP contribution >= 0.6 is 11.8 Å². The molecule has 1 aliphatic heterocycles. The highest BCUT2D eigenvalue weighted by Crippen LogP contribution is 2.20. The molecule has 14 heavy (non-hydrogen) atoms. The lowest BCUT2D eigenvalue weighted by atomic mass is 10.1. The lowest BCUT2D eigenvalue weighted by Gasteiger charge is -2.23. The zero-order valence-electron chi connectivity index (χ0n) is 8.49. The maximum Gasteiger partial charge on any atom is 0.0531 e. The minimum Gasteiger partial charge on any atom is -0.381 e. The van der Waals surface area contributed by atoms with Crippen LogP contribution in [0.15, 0.2) is 18.5 Å². The molecule has 1 aromatic rings. The van der Waals surface area contributed by atoms with Gasteiger partial charge in [-0.2, -0.15) is 11.8 Å². The summed E-state index contributed by atoms with van der Waals surface area (Å²) in [4.78, 5) is 4.18. The highest BCUT2D eigenvalue weighted by atomic mass is 32.2. The number of anilines is 1. The summed E-state index contributed by atoms with van der Waals surface area (Å²) < 4.78 is 0. The van der Waals surface area contributed by atoms with E-state index in [4.69, 9.17) is 0 Å². The quantitative estimate of drug-likeness (QED) is 0.809. The van der Waals surface area contributed by atoms with Gasteiger partial charge >= 0.3 is 0 Å². The molecule has 2 nitrogen and oxygen atoms in total. The normalized spacial score (nSPS) is 18.1. The van der Waals surface area contributed by atoms with Crippen LogP contribution in [-0.4, -0.2) is 22.5 Å². The van der Waals surface area contributed by atoms with E-state index in [1.165, 1.54) is 35.6 Å². The summed E-state index contributed by atoms with van der Waals surface area (Å²) in [5.41, 5.74) is 2.39. The van der Waals surface area contributed by atoms with Crippen molar-refractivity contribution in [3.8, 4) is 0 Å². The fourth-order valence-electron chi connectivity index (χ4n) is 1.71. The topological polar surface area (TPSA) is 24.9 Å². The Morgan fingerprint density at radius 3 is 2.86 bits per heavy atom. The predicted octanol–water partition coefficient (Wildman–Crippen LogP) is 2.70. The van der Waals surface area contributed by atoms with Crippen molar-refractivity contribution in [1.82, 2.24) is 4.98 Å². The van der Waals surface area contributed by atoms with E-state index < -0.39 is 0 Å². The van der Waals surface area contributed by atoms with Gasteiger partial charge in [-0.05, 0) is 42.9 Å². The summed E-state index contributed by atoms with van der Waals surface area (Å²) in [5, 5.41) is 3.55. The maximum atomic E-state index is 4.18. The number of nitrogens with one attached hydrogen (secondary N) is 1. The first-order valence-corrected chi connectivity index (χ1v) is 6.26. The Kier molecular flexibility index (Phi) is 3.30. The van der Waals surface area contributed by atoms with Crippen LogP contribution in [0, 0.1) is 6.92 Å². The molecule has 0 spiro atoms. The Hall–Kier alpha value is -0.700. The first-order chi connectivity index (χ1) is 6.84. The number of pyridine rings is 1. The van der Waals surface area contributed by atoms with Gasteiger partial charge in [0.25, 0.3) is 0 Å². The monoisotopic (exact) mass is 208 g/mol. The second kappa shape index (κ2) is 4.69. The van der Waals surface area contributed by atoms with Gasteiger partial charge in [-0.15, -0.1) is 0 Å². The Labute approximate surface area is 89.5 Å². The zero-order chi connectivity index (χ0) is 9.80. The summed E-state index contributed by atoms with van der Waals surface area (Å²) >= 11 is 2.06. The lowest BCUT2D eigenvalue weighted by molar-refractivity contribution is 0.666. The molecule has 1 N–H and O–H groups in total. The predicted molar refractivity (Wildman–Crippen MR) is 62.9 cm³/mol. The number of nitrogens with zero attached hydrogens (tertiary/aromatic N) is 1. The Morgan fingerprint density at radius 1 is 1.36 bits per heavy atom. The molecule has 0 unspecified atom stereocenters. The molecule has 3 heteroatoms. The van der Waals surface area contributed by atoms with E-state index in [1.54, 1.807) is 0 Å². The van der Waals surface area contributed by atoms with Crippen molar-refractivity contribution in [1.29, 1.82) is 0 Å². The van der Waals surface area contributed by atoms with Crippen molar-refractivity contribution in [3.05, 3.63) is 24.0 Å². The smallest absolute Gasteiger partial charge is 0.0531 e. The van der Waals surface area contributed by atoms with E-state index in [1.807, 2.05) is 12.4 Å². The zero-order valence-corrected chi connectivity index (χ0v) is 9.31. The summed E-state index contributed by atoms with van der Waals surface area (Å²) in [6, 6.07) is 2.81. The van der Waals surface area contributed by atoms with Gasteiger partial charge in [0.15, 0.2) is 0 Å². The summed E-state index contributed by atoms with van der Waals surface area (Å²) in [6.07, 6.45) is 6.36. The molecule has 1 aromatic heterocycles. The van der Waals surface area contributed by atoms with Crippen LogP contribution in [0.2, 0.25) is 0 Å².